The highest BCUT2D eigenvalue weighted by Crippen LogP contribution is 2.21. The molecular formula is C24H25BrCl2N6O2. The molecule has 0 unspecified atom stereocenters. The summed E-state index contributed by atoms with van der Waals surface area (Å²) < 4.78 is 11.2. The molecule has 0 spiro atoms. The van der Waals surface area contributed by atoms with Gasteiger partial charge in [0.15, 0.2) is 0 Å². The Bertz CT molecular complexity index is 1210. The largest absolute Gasteiger partial charge is 0.379 e. The minimum atomic E-state index is 0.488. The maximum Gasteiger partial charge on any atom is 0.129 e. The number of nitrogens with zero attached hydrogens (tertiary/aromatic N) is 5. The highest BCUT2D eigenvalue weighted by atomic mass is 79.9. The van der Waals surface area contributed by atoms with E-state index < -0.39 is 0 Å². The van der Waals surface area contributed by atoms with E-state index in [1.54, 1.807) is 18.3 Å². The molecule has 4 aromatic rings. The molecule has 0 bridgehead atoms. The van der Waals surface area contributed by atoms with Gasteiger partial charge in [-0.05, 0) is 52.3 Å². The van der Waals surface area contributed by atoms with Gasteiger partial charge in [0.2, 0.25) is 0 Å². The van der Waals surface area contributed by atoms with Gasteiger partial charge in [0.25, 0.3) is 0 Å². The Balaban J connectivity index is 0.000000139. The van der Waals surface area contributed by atoms with E-state index >= 15 is 0 Å². The molecule has 184 valence electrons. The zero-order valence-corrected chi connectivity index (χ0v) is 22.1. The molecule has 2 fully saturated rings. The first kappa shape index (κ1) is 25.9. The molecule has 0 atom stereocenters. The lowest BCUT2D eigenvalue weighted by atomic mass is 10.2. The number of fused-ring (bicyclic) bond motifs is 2. The Hall–Kier alpha value is -2.14. The molecule has 6 heterocycles. The molecule has 0 aromatic carbocycles. The third-order valence-electron chi connectivity index (χ3n) is 5.18. The van der Waals surface area contributed by atoms with Crippen LogP contribution in [0.3, 0.4) is 0 Å². The number of pyridine rings is 4. The van der Waals surface area contributed by atoms with E-state index in [2.05, 4.69) is 46.1 Å². The summed E-state index contributed by atoms with van der Waals surface area (Å²) in [4.78, 5) is 19.2. The van der Waals surface area contributed by atoms with Crippen molar-refractivity contribution in [2.75, 3.05) is 57.5 Å². The van der Waals surface area contributed by atoms with Crippen molar-refractivity contribution in [1.82, 2.24) is 25.3 Å². The van der Waals surface area contributed by atoms with Crippen LogP contribution in [0.5, 0.6) is 0 Å². The molecule has 4 aromatic heterocycles. The fourth-order valence-electron chi connectivity index (χ4n) is 3.44. The second kappa shape index (κ2) is 13.2. The number of hydrogen-bond acceptors (Lipinski definition) is 8. The summed E-state index contributed by atoms with van der Waals surface area (Å²) in [6, 6.07) is 11.1. The van der Waals surface area contributed by atoms with Crippen molar-refractivity contribution >= 4 is 66.9 Å². The first-order valence-corrected chi connectivity index (χ1v) is 12.7. The highest BCUT2D eigenvalue weighted by Gasteiger charge is 2.12. The standard InChI is InChI=1S/C12H12ClN3O.C8H4BrClN2.C4H9NO/c13-12-2-1-10-11(15-12)7-9(8-14-10)16-3-5-17-6-4-16;9-5-3-7-6(11-4-5)1-2-8(10)12-7;1-3-6-4-2-5-1/h1-2,7-8H,3-6H2;1-4H;5H,1-4H2. The quantitative estimate of drug-likeness (QED) is 0.323. The number of rotatable bonds is 1. The third-order valence-corrected chi connectivity index (χ3v) is 6.04. The fraction of sp³-hybridized carbons (Fsp3) is 0.333. The number of hydrogen-bond donors (Lipinski definition) is 1. The van der Waals surface area contributed by atoms with Crippen LogP contribution in [0.25, 0.3) is 22.1 Å². The maximum atomic E-state index is 5.88. The molecule has 11 heteroatoms. The summed E-state index contributed by atoms with van der Waals surface area (Å²) in [6.45, 7) is 7.16. The molecule has 2 aliphatic heterocycles. The van der Waals surface area contributed by atoms with Crippen LogP contribution in [0.2, 0.25) is 10.3 Å². The van der Waals surface area contributed by atoms with Gasteiger partial charge in [-0.25, -0.2) is 9.97 Å². The summed E-state index contributed by atoms with van der Waals surface area (Å²) in [5, 5.41) is 4.15. The zero-order chi connectivity index (χ0) is 24.5. The summed E-state index contributed by atoms with van der Waals surface area (Å²) in [6.07, 6.45) is 3.61. The average molecular weight is 580 g/mol. The molecular weight excluding hydrogens is 555 g/mol. The molecule has 1 N–H and O–H groups in total. The lowest BCUT2D eigenvalue weighted by molar-refractivity contribution is 0.109. The molecule has 8 nitrogen and oxygen atoms in total. The summed E-state index contributed by atoms with van der Waals surface area (Å²) in [5.74, 6) is 0. The van der Waals surface area contributed by atoms with Gasteiger partial charge in [-0.1, -0.05) is 23.2 Å². The molecule has 0 radical (unpaired) electrons. The molecule has 6 rings (SSSR count). The predicted octanol–water partition coefficient (Wildman–Crippen LogP) is 4.77. The molecule has 2 aliphatic rings. The van der Waals surface area contributed by atoms with Gasteiger partial charge in [0.05, 0.1) is 60.4 Å². The van der Waals surface area contributed by atoms with Crippen molar-refractivity contribution in [3.05, 3.63) is 63.6 Å². The molecule has 0 saturated carbocycles. The van der Waals surface area contributed by atoms with Gasteiger partial charge < -0.3 is 19.7 Å². The zero-order valence-electron chi connectivity index (χ0n) is 19.0. The number of halogens is 3. The smallest absolute Gasteiger partial charge is 0.129 e. The summed E-state index contributed by atoms with van der Waals surface area (Å²) >= 11 is 14.9. The van der Waals surface area contributed by atoms with Crippen LogP contribution in [-0.2, 0) is 9.47 Å². The van der Waals surface area contributed by atoms with Crippen LogP contribution in [-0.4, -0.2) is 72.5 Å². The van der Waals surface area contributed by atoms with Crippen LogP contribution in [0.15, 0.2) is 53.3 Å². The first-order chi connectivity index (χ1) is 17.1. The van der Waals surface area contributed by atoms with E-state index in [4.69, 9.17) is 32.7 Å². The Morgan fingerprint density at radius 2 is 1.31 bits per heavy atom. The lowest BCUT2D eigenvalue weighted by Crippen LogP contribution is -2.36. The molecule has 0 amide bonds. The van der Waals surface area contributed by atoms with Gasteiger partial charge in [-0.2, -0.15) is 0 Å². The van der Waals surface area contributed by atoms with Gasteiger partial charge in [-0.3, -0.25) is 9.97 Å². The van der Waals surface area contributed by atoms with Gasteiger partial charge in [0, 0.05) is 36.8 Å². The monoisotopic (exact) mass is 578 g/mol. The number of aromatic nitrogens is 4. The molecule has 35 heavy (non-hydrogen) atoms. The van der Waals surface area contributed by atoms with Crippen LogP contribution in [0, 0.1) is 0 Å². The second-order valence-corrected chi connectivity index (χ2v) is 9.34. The van der Waals surface area contributed by atoms with E-state index in [1.807, 2.05) is 30.5 Å². The van der Waals surface area contributed by atoms with E-state index in [-0.39, 0.29) is 0 Å². The summed E-state index contributed by atoms with van der Waals surface area (Å²) in [5.41, 5.74) is 4.43. The Labute approximate surface area is 222 Å². The minimum absolute atomic E-state index is 0.488. The Morgan fingerprint density at radius 1 is 0.743 bits per heavy atom. The first-order valence-electron chi connectivity index (χ1n) is 11.2. The summed E-state index contributed by atoms with van der Waals surface area (Å²) in [7, 11) is 0. The molecule has 0 aliphatic carbocycles. The number of nitrogens with one attached hydrogen (secondary N) is 1. The van der Waals surface area contributed by atoms with E-state index in [1.165, 1.54) is 0 Å². The van der Waals surface area contributed by atoms with Crippen LogP contribution >= 0.6 is 39.1 Å². The number of morpholine rings is 2. The molecule has 2 saturated heterocycles. The van der Waals surface area contributed by atoms with Gasteiger partial charge in [-0.15, -0.1) is 0 Å². The van der Waals surface area contributed by atoms with Crippen molar-refractivity contribution in [3.63, 3.8) is 0 Å². The Kier molecular flexibility index (Phi) is 9.82. The van der Waals surface area contributed by atoms with Crippen LogP contribution in [0.1, 0.15) is 0 Å². The van der Waals surface area contributed by atoms with E-state index in [0.29, 0.717) is 10.3 Å². The predicted molar refractivity (Wildman–Crippen MR) is 144 cm³/mol. The van der Waals surface area contributed by atoms with Crippen molar-refractivity contribution in [1.29, 1.82) is 0 Å². The Morgan fingerprint density at radius 3 is 1.89 bits per heavy atom. The average Bonchev–Trinajstić information content (AvgIpc) is 2.90. The highest BCUT2D eigenvalue weighted by molar-refractivity contribution is 9.10. The number of ether oxygens (including phenoxy) is 2. The van der Waals surface area contributed by atoms with Gasteiger partial charge >= 0.3 is 0 Å². The fourth-order valence-corrected chi connectivity index (χ4v) is 4.07. The van der Waals surface area contributed by atoms with Crippen molar-refractivity contribution in [2.45, 2.75) is 0 Å². The number of anilines is 1. The van der Waals surface area contributed by atoms with E-state index in [0.717, 1.165) is 84.8 Å². The normalized spacial score (nSPS) is 15.7. The minimum Gasteiger partial charge on any atom is -0.379 e. The van der Waals surface area contributed by atoms with Crippen molar-refractivity contribution < 1.29 is 9.47 Å². The van der Waals surface area contributed by atoms with Crippen LogP contribution in [0.4, 0.5) is 5.69 Å². The van der Waals surface area contributed by atoms with Gasteiger partial charge in [0.1, 0.15) is 10.3 Å². The maximum absolute atomic E-state index is 5.88. The third kappa shape index (κ3) is 7.93. The SMILES string of the molecule is C1COCCN1.Clc1ccc2ncc(Br)cc2n1.Clc1ccc2ncc(N3CCOCC3)cc2n1. The lowest BCUT2D eigenvalue weighted by Gasteiger charge is -2.28. The van der Waals surface area contributed by atoms with Crippen LogP contribution < -0.4 is 10.2 Å². The topological polar surface area (TPSA) is 85.3 Å². The van der Waals surface area contributed by atoms with Crippen molar-refractivity contribution in [2.24, 2.45) is 0 Å². The second-order valence-electron chi connectivity index (χ2n) is 7.65. The van der Waals surface area contributed by atoms with E-state index in [9.17, 15) is 0 Å². The van der Waals surface area contributed by atoms with Crippen molar-refractivity contribution in [3.8, 4) is 0 Å².